The van der Waals surface area contributed by atoms with Gasteiger partial charge in [-0.25, -0.2) is 18.5 Å². The van der Waals surface area contributed by atoms with Crippen molar-refractivity contribution in [3.63, 3.8) is 0 Å². The lowest BCUT2D eigenvalue weighted by molar-refractivity contribution is 0.376. The van der Waals surface area contributed by atoms with Gasteiger partial charge in [-0.2, -0.15) is 0 Å². The molecule has 1 aliphatic rings. The summed E-state index contributed by atoms with van der Waals surface area (Å²) >= 11 is 0. The predicted molar refractivity (Wildman–Crippen MR) is 79.1 cm³/mol. The van der Waals surface area contributed by atoms with Gasteiger partial charge in [-0.3, -0.25) is 0 Å². The smallest absolute Gasteiger partial charge is 0.239 e. The Balaban J connectivity index is 2.23. The molecule has 1 aromatic heterocycles. The summed E-state index contributed by atoms with van der Waals surface area (Å²) in [5.74, 6) is 0.809. The Morgan fingerprint density at radius 1 is 1.40 bits per heavy atom. The first-order chi connectivity index (χ1) is 9.45. The summed E-state index contributed by atoms with van der Waals surface area (Å²) in [4.78, 5) is 6.57. The van der Waals surface area contributed by atoms with Gasteiger partial charge in [0.15, 0.2) is 0 Å². The zero-order valence-electron chi connectivity index (χ0n) is 11.9. The van der Waals surface area contributed by atoms with Crippen LogP contribution in [0, 0.1) is 0 Å². The molecule has 0 amide bonds. The van der Waals surface area contributed by atoms with E-state index in [1.807, 2.05) is 0 Å². The van der Waals surface area contributed by atoms with E-state index in [0.29, 0.717) is 12.1 Å². The van der Waals surface area contributed by atoms with E-state index in [1.54, 1.807) is 6.07 Å². The molecule has 1 aromatic rings. The van der Waals surface area contributed by atoms with Crippen LogP contribution in [0.25, 0.3) is 0 Å². The van der Waals surface area contributed by atoms with Gasteiger partial charge in [-0.15, -0.1) is 0 Å². The van der Waals surface area contributed by atoms with E-state index in [-0.39, 0.29) is 4.90 Å². The SMILES string of the molecule is CCC1CN(c2ccc(S(N)(=O)=O)cn2)C(CC)CN1. The van der Waals surface area contributed by atoms with E-state index in [1.165, 1.54) is 12.3 Å². The van der Waals surface area contributed by atoms with Crippen LogP contribution in [0.3, 0.4) is 0 Å². The van der Waals surface area contributed by atoms with Crippen molar-refractivity contribution in [3.05, 3.63) is 18.3 Å². The first kappa shape index (κ1) is 15.2. The molecule has 0 bridgehead atoms. The first-order valence-electron chi connectivity index (χ1n) is 6.94. The second kappa shape index (κ2) is 6.07. The zero-order chi connectivity index (χ0) is 14.8. The molecule has 3 N–H and O–H groups in total. The van der Waals surface area contributed by atoms with Crippen LogP contribution in [0.15, 0.2) is 23.2 Å². The van der Waals surface area contributed by atoms with E-state index in [2.05, 4.69) is 29.0 Å². The summed E-state index contributed by atoms with van der Waals surface area (Å²) in [7, 11) is -3.68. The van der Waals surface area contributed by atoms with Crippen molar-refractivity contribution >= 4 is 15.8 Å². The van der Waals surface area contributed by atoms with E-state index in [4.69, 9.17) is 5.14 Å². The summed E-state index contributed by atoms with van der Waals surface area (Å²) in [5.41, 5.74) is 0. The molecule has 0 saturated carbocycles. The molecule has 1 saturated heterocycles. The third kappa shape index (κ3) is 3.28. The highest BCUT2D eigenvalue weighted by molar-refractivity contribution is 7.89. The highest BCUT2D eigenvalue weighted by Gasteiger charge is 2.26. The van der Waals surface area contributed by atoms with E-state index >= 15 is 0 Å². The van der Waals surface area contributed by atoms with Crippen molar-refractivity contribution in [1.82, 2.24) is 10.3 Å². The third-order valence-corrected chi connectivity index (χ3v) is 4.71. The molecular weight excluding hydrogens is 276 g/mol. The van der Waals surface area contributed by atoms with Crippen LogP contribution >= 0.6 is 0 Å². The molecule has 112 valence electrons. The summed E-state index contributed by atoms with van der Waals surface area (Å²) in [6, 6.07) is 4.08. The average molecular weight is 298 g/mol. The maximum Gasteiger partial charge on any atom is 0.239 e. The van der Waals surface area contributed by atoms with Gasteiger partial charge in [0, 0.05) is 31.4 Å². The molecule has 0 aliphatic carbocycles. The van der Waals surface area contributed by atoms with E-state index in [0.717, 1.165) is 31.7 Å². The van der Waals surface area contributed by atoms with Gasteiger partial charge in [0.05, 0.1) is 0 Å². The highest BCUT2D eigenvalue weighted by Crippen LogP contribution is 2.21. The maximum absolute atomic E-state index is 11.3. The molecule has 0 spiro atoms. The summed E-state index contributed by atoms with van der Waals surface area (Å²) in [6.07, 6.45) is 3.41. The standard InChI is InChI=1S/C13H22N4O2S/c1-3-10-9-17(11(4-2)7-15-10)13-6-5-12(8-16-13)20(14,18)19/h5-6,8,10-11,15H,3-4,7,9H2,1-2H3,(H2,14,18,19). The van der Waals surface area contributed by atoms with Gasteiger partial charge in [-0.05, 0) is 25.0 Å². The number of pyridine rings is 1. The van der Waals surface area contributed by atoms with Crippen LogP contribution < -0.4 is 15.4 Å². The Hall–Kier alpha value is -1.18. The van der Waals surface area contributed by atoms with E-state index in [9.17, 15) is 8.42 Å². The summed E-state index contributed by atoms with van der Waals surface area (Å²) < 4.78 is 22.5. The second-order valence-electron chi connectivity index (χ2n) is 5.12. The molecule has 2 atom stereocenters. The molecule has 0 radical (unpaired) electrons. The number of aromatic nitrogens is 1. The van der Waals surface area contributed by atoms with Gasteiger partial charge in [0.1, 0.15) is 10.7 Å². The van der Waals surface area contributed by atoms with Crippen LogP contribution in [0.1, 0.15) is 26.7 Å². The summed E-state index contributed by atoms with van der Waals surface area (Å²) in [6.45, 7) is 6.11. The highest BCUT2D eigenvalue weighted by atomic mass is 32.2. The van der Waals surface area contributed by atoms with Gasteiger partial charge < -0.3 is 10.2 Å². The van der Waals surface area contributed by atoms with Crippen LogP contribution in [0.5, 0.6) is 0 Å². The van der Waals surface area contributed by atoms with Crippen molar-refractivity contribution < 1.29 is 8.42 Å². The molecule has 2 heterocycles. The molecular formula is C13H22N4O2S. The Bertz CT molecular complexity index is 544. The number of nitrogens with zero attached hydrogens (tertiary/aromatic N) is 2. The van der Waals surface area contributed by atoms with Crippen LogP contribution in [-0.2, 0) is 10.0 Å². The van der Waals surface area contributed by atoms with Crippen molar-refractivity contribution in [1.29, 1.82) is 0 Å². The van der Waals surface area contributed by atoms with Crippen molar-refractivity contribution in [2.45, 2.75) is 43.7 Å². The molecule has 1 fully saturated rings. The Labute approximate surface area is 120 Å². The van der Waals surface area contributed by atoms with E-state index < -0.39 is 10.0 Å². The number of sulfonamides is 1. The van der Waals surface area contributed by atoms with Crippen molar-refractivity contribution in [2.24, 2.45) is 5.14 Å². The molecule has 2 unspecified atom stereocenters. The lowest BCUT2D eigenvalue weighted by Crippen LogP contribution is -2.56. The fourth-order valence-electron chi connectivity index (χ4n) is 2.49. The monoisotopic (exact) mass is 298 g/mol. The largest absolute Gasteiger partial charge is 0.351 e. The second-order valence-corrected chi connectivity index (χ2v) is 6.69. The number of nitrogens with one attached hydrogen (secondary N) is 1. The first-order valence-corrected chi connectivity index (χ1v) is 8.49. The number of anilines is 1. The molecule has 7 heteroatoms. The lowest BCUT2D eigenvalue weighted by Gasteiger charge is -2.40. The number of rotatable bonds is 4. The molecule has 6 nitrogen and oxygen atoms in total. The minimum Gasteiger partial charge on any atom is -0.351 e. The minimum atomic E-state index is -3.68. The number of piperazine rings is 1. The normalized spacial score (nSPS) is 23.9. The van der Waals surface area contributed by atoms with Crippen molar-refractivity contribution in [2.75, 3.05) is 18.0 Å². The summed E-state index contributed by atoms with van der Waals surface area (Å²) in [5, 5.41) is 8.61. The van der Waals surface area contributed by atoms with Gasteiger partial charge in [0.2, 0.25) is 10.0 Å². The quantitative estimate of drug-likeness (QED) is 0.854. The van der Waals surface area contributed by atoms with Crippen LogP contribution in [-0.4, -0.2) is 38.6 Å². The lowest BCUT2D eigenvalue weighted by atomic mass is 10.1. The minimum absolute atomic E-state index is 0.0523. The fourth-order valence-corrected chi connectivity index (χ4v) is 2.95. The number of nitrogens with two attached hydrogens (primary N) is 1. The van der Waals surface area contributed by atoms with Gasteiger partial charge in [-0.1, -0.05) is 13.8 Å². The Morgan fingerprint density at radius 2 is 2.15 bits per heavy atom. The van der Waals surface area contributed by atoms with Crippen LogP contribution in [0.2, 0.25) is 0 Å². The predicted octanol–water partition coefficient (Wildman–Crippen LogP) is 0.696. The number of primary sulfonamides is 1. The Kier molecular flexibility index (Phi) is 4.62. The van der Waals surface area contributed by atoms with Crippen LogP contribution in [0.4, 0.5) is 5.82 Å². The zero-order valence-corrected chi connectivity index (χ0v) is 12.7. The van der Waals surface area contributed by atoms with Gasteiger partial charge >= 0.3 is 0 Å². The van der Waals surface area contributed by atoms with Gasteiger partial charge in [0.25, 0.3) is 0 Å². The number of hydrogen-bond acceptors (Lipinski definition) is 5. The maximum atomic E-state index is 11.3. The number of hydrogen-bond donors (Lipinski definition) is 2. The third-order valence-electron chi connectivity index (χ3n) is 3.81. The topological polar surface area (TPSA) is 88.3 Å². The molecule has 1 aliphatic heterocycles. The Morgan fingerprint density at radius 3 is 2.65 bits per heavy atom. The molecule has 0 aromatic carbocycles. The average Bonchev–Trinajstić information content (AvgIpc) is 2.45. The molecule has 20 heavy (non-hydrogen) atoms. The molecule has 2 rings (SSSR count). The van der Waals surface area contributed by atoms with Crippen molar-refractivity contribution in [3.8, 4) is 0 Å². The fraction of sp³-hybridized carbons (Fsp3) is 0.615.